The van der Waals surface area contributed by atoms with Gasteiger partial charge in [-0.2, -0.15) is 5.10 Å². The standard InChI is InChI=1S/C31H28ClFN8O2/c1-17-5-3-7-24(38-31(43)22-15-37-41(18(22)2)27-8-4-6-23(32)28(27)33)26-13-19(11-12-34-26)21-10-9-20(29-35-16-36-40-29)14-25(21)39-30(17)42/h4,6,8-17,24H,3,5,7H2,1-2H3,(H,38,43)(H,39,42)(H,35,36,40)/t17-,24+/m1/s1. The fraction of sp³-hybridized carbons (Fsp3) is 0.226. The molecule has 0 aliphatic carbocycles. The second kappa shape index (κ2) is 11.8. The first-order chi connectivity index (χ1) is 20.8. The minimum absolute atomic E-state index is 0.0312. The van der Waals surface area contributed by atoms with E-state index < -0.39 is 11.9 Å². The van der Waals surface area contributed by atoms with E-state index in [4.69, 9.17) is 11.6 Å². The minimum atomic E-state index is -0.617. The molecular weight excluding hydrogens is 571 g/mol. The third-order valence-corrected chi connectivity index (χ3v) is 8.01. The molecule has 2 amide bonds. The van der Waals surface area contributed by atoms with Gasteiger partial charge in [-0.25, -0.2) is 9.07 Å². The Balaban J connectivity index is 1.34. The number of aromatic amines is 1. The Labute approximate surface area is 251 Å². The van der Waals surface area contributed by atoms with Crippen LogP contribution in [0.4, 0.5) is 10.1 Å². The van der Waals surface area contributed by atoms with Gasteiger partial charge >= 0.3 is 0 Å². The third kappa shape index (κ3) is 5.63. The summed E-state index contributed by atoms with van der Waals surface area (Å²) < 4.78 is 16.1. The first-order valence-corrected chi connectivity index (χ1v) is 14.3. The van der Waals surface area contributed by atoms with Crippen LogP contribution in [0.25, 0.3) is 28.2 Å². The number of amides is 2. The van der Waals surface area contributed by atoms with Crippen molar-refractivity contribution in [2.24, 2.45) is 5.92 Å². The Morgan fingerprint density at radius 2 is 2.00 bits per heavy atom. The minimum Gasteiger partial charge on any atom is -0.344 e. The molecule has 0 fully saturated rings. The van der Waals surface area contributed by atoms with Gasteiger partial charge in [0.05, 0.1) is 34.2 Å². The highest BCUT2D eigenvalue weighted by atomic mass is 35.5. The number of pyridine rings is 1. The second-order valence-electron chi connectivity index (χ2n) is 10.5. The highest BCUT2D eigenvalue weighted by Gasteiger charge is 2.24. The molecule has 6 rings (SSSR count). The Morgan fingerprint density at radius 1 is 1.14 bits per heavy atom. The van der Waals surface area contributed by atoms with Crippen LogP contribution in [0, 0.1) is 18.7 Å². The van der Waals surface area contributed by atoms with Gasteiger partial charge in [-0.05, 0) is 55.7 Å². The molecule has 218 valence electrons. The number of halogens is 2. The second-order valence-corrected chi connectivity index (χ2v) is 11.0. The first kappa shape index (κ1) is 28.2. The van der Waals surface area contributed by atoms with E-state index in [0.717, 1.165) is 16.7 Å². The summed E-state index contributed by atoms with van der Waals surface area (Å²) in [6.45, 7) is 3.59. The lowest BCUT2D eigenvalue weighted by Crippen LogP contribution is -2.30. The topological polar surface area (TPSA) is 130 Å². The van der Waals surface area contributed by atoms with Crippen LogP contribution in [0.3, 0.4) is 0 Å². The van der Waals surface area contributed by atoms with E-state index in [0.29, 0.717) is 47.7 Å². The van der Waals surface area contributed by atoms with Gasteiger partial charge in [-0.15, -0.1) is 10.2 Å². The predicted octanol–water partition coefficient (Wildman–Crippen LogP) is 6.05. The number of rotatable bonds is 4. The summed E-state index contributed by atoms with van der Waals surface area (Å²) in [5.41, 5.74) is 4.67. The van der Waals surface area contributed by atoms with E-state index >= 15 is 0 Å². The molecule has 2 aromatic carbocycles. The van der Waals surface area contributed by atoms with E-state index in [-0.39, 0.29) is 28.4 Å². The molecule has 12 heteroatoms. The summed E-state index contributed by atoms with van der Waals surface area (Å²) in [4.78, 5) is 34.4. The van der Waals surface area contributed by atoms with Gasteiger partial charge in [0.1, 0.15) is 12.0 Å². The van der Waals surface area contributed by atoms with Crippen LogP contribution >= 0.6 is 11.6 Å². The normalized spacial score (nSPS) is 16.9. The van der Waals surface area contributed by atoms with Crippen molar-refractivity contribution in [2.75, 3.05) is 5.32 Å². The third-order valence-electron chi connectivity index (χ3n) is 7.71. The van der Waals surface area contributed by atoms with Crippen molar-refractivity contribution < 1.29 is 14.0 Å². The maximum Gasteiger partial charge on any atom is 0.255 e. The van der Waals surface area contributed by atoms with E-state index in [2.05, 4.69) is 35.9 Å². The molecule has 0 saturated heterocycles. The Morgan fingerprint density at radius 3 is 2.81 bits per heavy atom. The Kier molecular flexibility index (Phi) is 7.73. The number of benzene rings is 2. The molecule has 0 spiro atoms. The zero-order valence-electron chi connectivity index (χ0n) is 23.4. The van der Waals surface area contributed by atoms with Crippen LogP contribution in [0.2, 0.25) is 5.02 Å². The molecule has 3 N–H and O–H groups in total. The average molecular weight is 599 g/mol. The summed E-state index contributed by atoms with van der Waals surface area (Å²) in [7, 11) is 0. The highest BCUT2D eigenvalue weighted by Crippen LogP contribution is 2.34. The quantitative estimate of drug-likeness (QED) is 0.231. The SMILES string of the molecule is Cc1c(C(=O)N[C@H]2CCC[C@@H](C)C(=O)Nc3cc(-c4nnc[nH]4)ccc3-c3ccnc2c3)cnn1-c1cccc(Cl)c1F. The van der Waals surface area contributed by atoms with Crippen LogP contribution < -0.4 is 10.6 Å². The lowest BCUT2D eigenvalue weighted by molar-refractivity contribution is -0.119. The van der Waals surface area contributed by atoms with Crippen molar-refractivity contribution in [3.05, 3.63) is 95.0 Å². The Bertz CT molecular complexity index is 1820. The van der Waals surface area contributed by atoms with Crippen molar-refractivity contribution >= 4 is 29.1 Å². The molecule has 0 radical (unpaired) electrons. The summed E-state index contributed by atoms with van der Waals surface area (Å²) >= 11 is 5.97. The van der Waals surface area contributed by atoms with Gasteiger partial charge in [0.25, 0.3) is 5.91 Å². The van der Waals surface area contributed by atoms with Gasteiger partial charge in [0.15, 0.2) is 11.6 Å². The summed E-state index contributed by atoms with van der Waals surface area (Å²) in [6.07, 6.45) is 6.45. The summed E-state index contributed by atoms with van der Waals surface area (Å²) in [6, 6.07) is 13.7. The molecule has 1 aliphatic rings. The van der Waals surface area contributed by atoms with Crippen molar-refractivity contribution in [1.82, 2.24) is 35.3 Å². The van der Waals surface area contributed by atoms with Crippen molar-refractivity contribution in [3.8, 4) is 28.2 Å². The smallest absolute Gasteiger partial charge is 0.255 e. The van der Waals surface area contributed by atoms with Gasteiger partial charge in [0.2, 0.25) is 5.91 Å². The van der Waals surface area contributed by atoms with Crippen LogP contribution in [0.5, 0.6) is 0 Å². The molecule has 2 atom stereocenters. The molecule has 0 unspecified atom stereocenters. The Hall–Kier alpha value is -4.90. The fourth-order valence-corrected chi connectivity index (χ4v) is 5.45. The number of hydrogen-bond acceptors (Lipinski definition) is 6. The number of fused-ring (bicyclic) bond motifs is 4. The maximum absolute atomic E-state index is 14.7. The van der Waals surface area contributed by atoms with Crippen LogP contribution in [-0.4, -0.2) is 41.8 Å². The van der Waals surface area contributed by atoms with Gasteiger partial charge in [-0.3, -0.25) is 14.6 Å². The molecule has 1 aliphatic heterocycles. The van der Waals surface area contributed by atoms with Crippen LogP contribution in [-0.2, 0) is 4.79 Å². The maximum atomic E-state index is 14.7. The molecular formula is C31H28ClFN8O2. The summed E-state index contributed by atoms with van der Waals surface area (Å²) in [5.74, 6) is -0.752. The lowest BCUT2D eigenvalue weighted by Gasteiger charge is -2.22. The molecule has 0 saturated carbocycles. The first-order valence-electron chi connectivity index (χ1n) is 13.9. The number of nitrogens with zero attached hydrogens (tertiary/aromatic N) is 5. The van der Waals surface area contributed by atoms with E-state index in [1.165, 1.54) is 23.3 Å². The molecule has 10 nitrogen and oxygen atoms in total. The molecule has 43 heavy (non-hydrogen) atoms. The van der Waals surface area contributed by atoms with E-state index in [1.54, 1.807) is 25.3 Å². The largest absolute Gasteiger partial charge is 0.344 e. The molecule has 4 heterocycles. The fourth-order valence-electron chi connectivity index (χ4n) is 5.28. The van der Waals surface area contributed by atoms with E-state index in [1.807, 2.05) is 37.3 Å². The van der Waals surface area contributed by atoms with Crippen LogP contribution in [0.15, 0.2) is 67.3 Å². The molecule has 2 bridgehead atoms. The predicted molar refractivity (Wildman–Crippen MR) is 160 cm³/mol. The number of aromatic nitrogens is 6. The molecule has 3 aromatic heterocycles. The number of hydrogen-bond donors (Lipinski definition) is 3. The van der Waals surface area contributed by atoms with Gasteiger partial charge in [-0.1, -0.05) is 43.1 Å². The number of nitrogens with one attached hydrogen (secondary N) is 3. The van der Waals surface area contributed by atoms with Crippen molar-refractivity contribution in [2.45, 2.75) is 39.2 Å². The number of carbonyl (C=O) groups excluding carboxylic acids is 2. The zero-order valence-corrected chi connectivity index (χ0v) is 24.2. The van der Waals surface area contributed by atoms with Crippen molar-refractivity contribution in [3.63, 3.8) is 0 Å². The van der Waals surface area contributed by atoms with E-state index in [9.17, 15) is 14.0 Å². The van der Waals surface area contributed by atoms with Gasteiger partial charge < -0.3 is 15.6 Å². The van der Waals surface area contributed by atoms with Crippen molar-refractivity contribution in [1.29, 1.82) is 0 Å². The molecule has 5 aromatic rings. The zero-order chi connectivity index (χ0) is 30.1. The number of carbonyl (C=O) groups is 2. The van der Waals surface area contributed by atoms with Gasteiger partial charge in [0, 0.05) is 28.9 Å². The van der Waals surface area contributed by atoms with Crippen LogP contribution in [0.1, 0.15) is 54.0 Å². The average Bonchev–Trinajstić information content (AvgIpc) is 3.68. The number of H-pyrrole nitrogens is 1. The monoisotopic (exact) mass is 598 g/mol. The summed E-state index contributed by atoms with van der Waals surface area (Å²) in [5, 5.41) is 18.4. The number of anilines is 1. The lowest BCUT2D eigenvalue weighted by atomic mass is 9.94. The highest BCUT2D eigenvalue weighted by molar-refractivity contribution is 6.30.